The lowest BCUT2D eigenvalue weighted by molar-refractivity contribution is 0.181. The van der Waals surface area contributed by atoms with Gasteiger partial charge in [0.1, 0.15) is 0 Å². The van der Waals surface area contributed by atoms with Gasteiger partial charge in [0.05, 0.1) is 0 Å². The molecule has 1 nitrogen and oxygen atoms in total. The van der Waals surface area contributed by atoms with Crippen LogP contribution in [0, 0.1) is 6.92 Å². The Labute approximate surface area is 98.5 Å². The van der Waals surface area contributed by atoms with Crippen molar-refractivity contribution in [2.24, 2.45) is 0 Å². The van der Waals surface area contributed by atoms with Gasteiger partial charge in [-0.05, 0) is 42.9 Å². The monoisotopic (exact) mass is 215 g/mol. The number of nitrogens with zero attached hydrogens (tertiary/aromatic N) is 1. The van der Waals surface area contributed by atoms with Crippen LogP contribution in [0.5, 0.6) is 0 Å². The molecule has 1 fully saturated rings. The van der Waals surface area contributed by atoms with Crippen LogP contribution in [0.4, 0.5) is 0 Å². The molecule has 1 aromatic rings. The molecule has 0 radical (unpaired) electrons. The van der Waals surface area contributed by atoms with Crippen LogP contribution in [0.1, 0.15) is 42.4 Å². The van der Waals surface area contributed by atoms with E-state index in [1.54, 1.807) is 11.1 Å². The molecule has 0 unspecified atom stereocenters. The van der Waals surface area contributed by atoms with Crippen LogP contribution in [-0.4, -0.2) is 17.5 Å². The average molecular weight is 215 g/mol. The molecular formula is C15H21N. The first-order chi connectivity index (χ1) is 7.84. The van der Waals surface area contributed by atoms with Gasteiger partial charge in [-0.2, -0.15) is 0 Å². The van der Waals surface area contributed by atoms with E-state index in [0.717, 1.165) is 6.04 Å². The van der Waals surface area contributed by atoms with E-state index >= 15 is 0 Å². The highest BCUT2D eigenvalue weighted by Gasteiger charge is 2.26. The molecule has 0 bridgehead atoms. The highest BCUT2D eigenvalue weighted by molar-refractivity contribution is 5.36. The molecule has 0 atom stereocenters. The molecule has 0 spiro atoms. The Morgan fingerprint density at radius 1 is 1.19 bits per heavy atom. The standard InChI is InChI=1S/C15H21N/c1-12-5-4-6-13-11-16(10-9-15(12)13)14-7-2-3-8-14/h4-6,14H,2-3,7-11H2,1H3. The molecule has 2 aliphatic rings. The molecule has 0 saturated heterocycles. The van der Waals surface area contributed by atoms with E-state index in [2.05, 4.69) is 30.0 Å². The van der Waals surface area contributed by atoms with Crippen molar-refractivity contribution in [2.45, 2.75) is 51.6 Å². The lowest BCUT2D eigenvalue weighted by atomic mass is 9.94. The summed E-state index contributed by atoms with van der Waals surface area (Å²) >= 11 is 0. The minimum atomic E-state index is 0.883. The van der Waals surface area contributed by atoms with Crippen LogP contribution in [0.25, 0.3) is 0 Å². The summed E-state index contributed by atoms with van der Waals surface area (Å²) in [4.78, 5) is 2.72. The molecule has 3 rings (SSSR count). The Morgan fingerprint density at radius 3 is 2.81 bits per heavy atom. The number of rotatable bonds is 1. The summed E-state index contributed by atoms with van der Waals surface area (Å²) in [7, 11) is 0. The zero-order valence-corrected chi connectivity index (χ0v) is 10.2. The lowest BCUT2D eigenvalue weighted by Gasteiger charge is -2.34. The van der Waals surface area contributed by atoms with Gasteiger partial charge in [0.2, 0.25) is 0 Å². The SMILES string of the molecule is Cc1cccc2c1CCN(C1CCCC1)C2. The van der Waals surface area contributed by atoms with Gasteiger partial charge in [-0.1, -0.05) is 31.0 Å². The van der Waals surface area contributed by atoms with Crippen LogP contribution in [0.15, 0.2) is 18.2 Å². The van der Waals surface area contributed by atoms with Gasteiger partial charge in [-0.15, -0.1) is 0 Å². The zero-order valence-electron chi connectivity index (χ0n) is 10.2. The Morgan fingerprint density at radius 2 is 2.00 bits per heavy atom. The van der Waals surface area contributed by atoms with E-state index in [1.807, 2.05) is 0 Å². The number of hydrogen-bond donors (Lipinski definition) is 0. The maximum atomic E-state index is 2.72. The minimum Gasteiger partial charge on any atom is -0.296 e. The fraction of sp³-hybridized carbons (Fsp3) is 0.600. The summed E-state index contributed by atoms with van der Waals surface area (Å²) in [5.74, 6) is 0. The Kier molecular flexibility index (Phi) is 2.72. The van der Waals surface area contributed by atoms with Crippen molar-refractivity contribution < 1.29 is 0 Å². The topological polar surface area (TPSA) is 3.24 Å². The third-order valence-corrected chi connectivity index (χ3v) is 4.37. The number of benzene rings is 1. The zero-order chi connectivity index (χ0) is 11.0. The summed E-state index contributed by atoms with van der Waals surface area (Å²) in [6.07, 6.45) is 7.02. The Balaban J connectivity index is 1.80. The molecule has 0 amide bonds. The van der Waals surface area contributed by atoms with Crippen molar-refractivity contribution in [3.05, 3.63) is 34.9 Å². The predicted octanol–water partition coefficient (Wildman–Crippen LogP) is 3.30. The van der Waals surface area contributed by atoms with Crippen LogP contribution >= 0.6 is 0 Å². The fourth-order valence-corrected chi connectivity index (χ4v) is 3.40. The van der Waals surface area contributed by atoms with Gasteiger partial charge < -0.3 is 0 Å². The molecule has 1 heterocycles. The molecule has 0 N–H and O–H groups in total. The van der Waals surface area contributed by atoms with Gasteiger partial charge in [0, 0.05) is 19.1 Å². The predicted molar refractivity (Wildman–Crippen MR) is 67.5 cm³/mol. The maximum Gasteiger partial charge on any atom is 0.0239 e. The molecule has 86 valence electrons. The van der Waals surface area contributed by atoms with Crippen LogP contribution in [0.2, 0.25) is 0 Å². The Hall–Kier alpha value is -0.820. The summed E-state index contributed by atoms with van der Waals surface area (Å²) in [6, 6.07) is 7.67. The Bertz CT molecular complexity index is 377. The third-order valence-electron chi connectivity index (χ3n) is 4.37. The second-order valence-electron chi connectivity index (χ2n) is 5.37. The van der Waals surface area contributed by atoms with Crippen LogP contribution in [-0.2, 0) is 13.0 Å². The van der Waals surface area contributed by atoms with E-state index in [9.17, 15) is 0 Å². The van der Waals surface area contributed by atoms with Crippen molar-refractivity contribution in [2.75, 3.05) is 6.54 Å². The van der Waals surface area contributed by atoms with E-state index in [1.165, 1.54) is 50.8 Å². The van der Waals surface area contributed by atoms with E-state index < -0.39 is 0 Å². The van der Waals surface area contributed by atoms with Crippen molar-refractivity contribution in [3.8, 4) is 0 Å². The summed E-state index contributed by atoms with van der Waals surface area (Å²) < 4.78 is 0. The first-order valence-corrected chi connectivity index (χ1v) is 6.66. The number of fused-ring (bicyclic) bond motifs is 1. The van der Waals surface area contributed by atoms with Crippen molar-refractivity contribution in [1.82, 2.24) is 4.90 Å². The lowest BCUT2D eigenvalue weighted by Crippen LogP contribution is -2.37. The molecule has 1 heteroatoms. The second-order valence-corrected chi connectivity index (χ2v) is 5.37. The molecule has 0 aromatic heterocycles. The van der Waals surface area contributed by atoms with Crippen molar-refractivity contribution in [3.63, 3.8) is 0 Å². The number of hydrogen-bond acceptors (Lipinski definition) is 1. The largest absolute Gasteiger partial charge is 0.296 e. The fourth-order valence-electron chi connectivity index (χ4n) is 3.40. The first kappa shape index (κ1) is 10.3. The highest BCUT2D eigenvalue weighted by atomic mass is 15.2. The average Bonchev–Trinajstić information content (AvgIpc) is 2.82. The summed E-state index contributed by atoms with van der Waals surface area (Å²) in [6.45, 7) is 4.73. The van der Waals surface area contributed by atoms with E-state index in [0.29, 0.717) is 0 Å². The molecule has 1 saturated carbocycles. The molecule has 1 aromatic carbocycles. The van der Waals surface area contributed by atoms with Gasteiger partial charge >= 0.3 is 0 Å². The highest BCUT2D eigenvalue weighted by Crippen LogP contribution is 2.29. The number of aryl methyl sites for hydroxylation is 1. The van der Waals surface area contributed by atoms with Gasteiger partial charge in [-0.25, -0.2) is 0 Å². The van der Waals surface area contributed by atoms with Crippen LogP contribution < -0.4 is 0 Å². The molecule has 1 aliphatic heterocycles. The smallest absolute Gasteiger partial charge is 0.0239 e. The molecule has 16 heavy (non-hydrogen) atoms. The molecule has 1 aliphatic carbocycles. The van der Waals surface area contributed by atoms with Gasteiger partial charge in [-0.3, -0.25) is 4.90 Å². The second kappa shape index (κ2) is 4.21. The van der Waals surface area contributed by atoms with Gasteiger partial charge in [0.15, 0.2) is 0 Å². The van der Waals surface area contributed by atoms with Gasteiger partial charge in [0.25, 0.3) is 0 Å². The quantitative estimate of drug-likeness (QED) is 0.695. The van der Waals surface area contributed by atoms with E-state index in [4.69, 9.17) is 0 Å². The maximum absolute atomic E-state index is 2.72. The van der Waals surface area contributed by atoms with Crippen molar-refractivity contribution in [1.29, 1.82) is 0 Å². The first-order valence-electron chi connectivity index (χ1n) is 6.66. The molecular weight excluding hydrogens is 194 g/mol. The van der Waals surface area contributed by atoms with Crippen LogP contribution in [0.3, 0.4) is 0 Å². The minimum absolute atomic E-state index is 0.883. The van der Waals surface area contributed by atoms with E-state index in [-0.39, 0.29) is 0 Å². The normalized spacial score (nSPS) is 22.3. The summed E-state index contributed by atoms with van der Waals surface area (Å²) in [5, 5.41) is 0. The van der Waals surface area contributed by atoms with Crippen molar-refractivity contribution >= 4 is 0 Å². The summed E-state index contributed by atoms with van der Waals surface area (Å²) in [5.41, 5.74) is 4.69. The third kappa shape index (κ3) is 1.78.